The molecule has 0 bridgehead atoms. The van der Waals surface area contributed by atoms with E-state index in [4.69, 9.17) is 0 Å². The van der Waals surface area contributed by atoms with Gasteiger partial charge in [0.15, 0.2) is 0 Å². The number of carbonyl (C=O) groups excluding carboxylic acids is 1. The number of anilines is 1. The van der Waals surface area contributed by atoms with Gasteiger partial charge in [0.1, 0.15) is 11.4 Å². The second-order valence-electron chi connectivity index (χ2n) is 3.52. The van der Waals surface area contributed by atoms with E-state index >= 15 is 0 Å². The maximum Gasteiger partial charge on any atom is 0.255 e. The number of carbonyl (C=O) groups is 1. The summed E-state index contributed by atoms with van der Waals surface area (Å²) in [6.45, 7) is 2.76. The number of amides is 1. The molecule has 0 fully saturated rings. The highest BCUT2D eigenvalue weighted by atomic mass is 19.1. The number of hydrogen-bond acceptors (Lipinski definition) is 2. The summed E-state index contributed by atoms with van der Waals surface area (Å²) in [5.41, 5.74) is -0.979. The Labute approximate surface area is 81.6 Å². The van der Waals surface area contributed by atoms with Crippen molar-refractivity contribution in [3.63, 3.8) is 0 Å². The number of hydrogen-bond donors (Lipinski definition) is 2. The van der Waals surface area contributed by atoms with Gasteiger partial charge in [-0.3, -0.25) is 4.79 Å². The first-order valence-electron chi connectivity index (χ1n) is 4.19. The molecule has 0 saturated heterocycles. The molecular weight excluding hydrogens is 185 g/mol. The molecule has 0 saturated carbocycles. The second-order valence-corrected chi connectivity index (χ2v) is 3.52. The van der Waals surface area contributed by atoms with E-state index < -0.39 is 11.5 Å². The molecule has 1 rings (SSSR count). The lowest BCUT2D eigenvalue weighted by Gasteiger charge is -2.16. The normalized spacial score (nSPS) is 11.1. The molecule has 14 heavy (non-hydrogen) atoms. The average Bonchev–Trinajstić information content (AvgIpc) is 2.07. The second kappa shape index (κ2) is 3.75. The van der Waals surface area contributed by atoms with Gasteiger partial charge in [0, 0.05) is 5.69 Å². The Kier molecular flexibility index (Phi) is 2.86. The Balaban J connectivity index is 2.71. The third kappa shape index (κ3) is 2.81. The predicted molar refractivity (Wildman–Crippen MR) is 51.3 cm³/mol. The number of nitrogens with one attached hydrogen (secondary N) is 1. The van der Waals surface area contributed by atoms with Crippen molar-refractivity contribution in [1.82, 2.24) is 0 Å². The van der Waals surface area contributed by atoms with Gasteiger partial charge in [0.25, 0.3) is 5.91 Å². The van der Waals surface area contributed by atoms with E-state index in [9.17, 15) is 14.3 Å². The van der Waals surface area contributed by atoms with Crippen LogP contribution >= 0.6 is 0 Å². The van der Waals surface area contributed by atoms with Gasteiger partial charge in [0.05, 0.1) is 0 Å². The third-order valence-corrected chi connectivity index (χ3v) is 1.66. The fourth-order valence-electron chi connectivity index (χ4n) is 0.817. The molecule has 3 nitrogen and oxygen atoms in total. The largest absolute Gasteiger partial charge is 0.381 e. The van der Waals surface area contributed by atoms with Crippen LogP contribution in [0.15, 0.2) is 24.3 Å². The van der Waals surface area contributed by atoms with Gasteiger partial charge in [-0.15, -0.1) is 0 Å². The fourth-order valence-corrected chi connectivity index (χ4v) is 0.817. The Hall–Kier alpha value is -1.42. The van der Waals surface area contributed by atoms with Crippen LogP contribution in [0.2, 0.25) is 0 Å². The van der Waals surface area contributed by atoms with Crippen LogP contribution in [0.4, 0.5) is 10.1 Å². The van der Waals surface area contributed by atoms with E-state index in [2.05, 4.69) is 5.32 Å². The van der Waals surface area contributed by atoms with Crippen molar-refractivity contribution < 1.29 is 14.3 Å². The molecule has 0 unspecified atom stereocenters. The quantitative estimate of drug-likeness (QED) is 0.755. The first-order chi connectivity index (χ1) is 6.39. The lowest BCUT2D eigenvalue weighted by Crippen LogP contribution is -2.36. The summed E-state index contributed by atoms with van der Waals surface area (Å²) in [6.07, 6.45) is 0. The standard InChI is InChI=1S/C10H12FNO2/c1-10(2,14)9(13)12-8-5-3-7(11)4-6-8/h3-6,14H,1-2H3,(H,12,13). The molecule has 1 amide bonds. The Morgan fingerprint density at radius 1 is 1.36 bits per heavy atom. The highest BCUT2D eigenvalue weighted by Crippen LogP contribution is 2.11. The van der Waals surface area contributed by atoms with Gasteiger partial charge < -0.3 is 10.4 Å². The molecule has 76 valence electrons. The van der Waals surface area contributed by atoms with Crippen molar-refractivity contribution in [1.29, 1.82) is 0 Å². The molecule has 0 aromatic heterocycles. The van der Waals surface area contributed by atoms with E-state index in [0.717, 1.165) is 0 Å². The number of benzene rings is 1. The Morgan fingerprint density at radius 2 is 1.86 bits per heavy atom. The maximum absolute atomic E-state index is 12.5. The van der Waals surface area contributed by atoms with Crippen molar-refractivity contribution in [2.24, 2.45) is 0 Å². The molecule has 1 aromatic carbocycles. The van der Waals surface area contributed by atoms with Gasteiger partial charge in [-0.1, -0.05) is 0 Å². The highest BCUT2D eigenvalue weighted by Gasteiger charge is 2.23. The molecule has 2 N–H and O–H groups in total. The Bertz CT molecular complexity index is 327. The molecule has 0 spiro atoms. The van der Waals surface area contributed by atoms with E-state index in [1.54, 1.807) is 0 Å². The molecule has 0 aliphatic heterocycles. The highest BCUT2D eigenvalue weighted by molar-refractivity contribution is 5.96. The summed E-state index contributed by atoms with van der Waals surface area (Å²) in [6, 6.07) is 5.33. The van der Waals surface area contributed by atoms with Crippen LogP contribution in [0.25, 0.3) is 0 Å². The molecule has 0 aliphatic rings. The van der Waals surface area contributed by atoms with Gasteiger partial charge >= 0.3 is 0 Å². The average molecular weight is 197 g/mol. The summed E-state index contributed by atoms with van der Waals surface area (Å²) in [4.78, 5) is 11.3. The van der Waals surface area contributed by atoms with Crippen LogP contribution in [-0.2, 0) is 4.79 Å². The molecule has 0 radical (unpaired) electrons. The minimum absolute atomic E-state index is 0.369. The fraction of sp³-hybridized carbons (Fsp3) is 0.300. The minimum atomic E-state index is -1.44. The number of rotatable bonds is 2. The Morgan fingerprint density at radius 3 is 2.29 bits per heavy atom. The van der Waals surface area contributed by atoms with Crippen LogP contribution in [0.1, 0.15) is 13.8 Å². The summed E-state index contributed by atoms with van der Waals surface area (Å²) in [5.74, 6) is -0.893. The summed E-state index contributed by atoms with van der Waals surface area (Å²) < 4.78 is 12.5. The molecular formula is C10H12FNO2. The zero-order valence-electron chi connectivity index (χ0n) is 8.04. The van der Waals surface area contributed by atoms with Crippen LogP contribution < -0.4 is 5.32 Å². The first-order valence-corrected chi connectivity index (χ1v) is 4.19. The van der Waals surface area contributed by atoms with Gasteiger partial charge in [-0.25, -0.2) is 4.39 Å². The molecule has 0 heterocycles. The monoisotopic (exact) mass is 197 g/mol. The van der Waals surface area contributed by atoms with Crippen LogP contribution in [0.5, 0.6) is 0 Å². The zero-order chi connectivity index (χ0) is 10.8. The van der Waals surface area contributed by atoms with E-state index in [1.165, 1.54) is 38.1 Å². The third-order valence-electron chi connectivity index (χ3n) is 1.66. The molecule has 1 aromatic rings. The molecule has 0 atom stereocenters. The van der Waals surface area contributed by atoms with Crippen molar-refractivity contribution in [3.05, 3.63) is 30.1 Å². The van der Waals surface area contributed by atoms with Gasteiger partial charge in [0.2, 0.25) is 0 Å². The minimum Gasteiger partial charge on any atom is -0.381 e. The summed E-state index contributed by atoms with van der Waals surface area (Å²) in [7, 11) is 0. The molecule has 0 aliphatic carbocycles. The molecule has 4 heteroatoms. The zero-order valence-corrected chi connectivity index (χ0v) is 8.04. The maximum atomic E-state index is 12.5. The SMILES string of the molecule is CC(C)(O)C(=O)Nc1ccc(F)cc1. The van der Waals surface area contributed by atoms with Gasteiger partial charge in [-0.05, 0) is 38.1 Å². The lowest BCUT2D eigenvalue weighted by molar-refractivity contribution is -0.130. The topological polar surface area (TPSA) is 49.3 Å². The smallest absolute Gasteiger partial charge is 0.255 e. The van der Waals surface area contributed by atoms with Crippen molar-refractivity contribution in [2.45, 2.75) is 19.4 Å². The van der Waals surface area contributed by atoms with Crippen molar-refractivity contribution >= 4 is 11.6 Å². The predicted octanol–water partition coefficient (Wildman–Crippen LogP) is 1.54. The first kappa shape index (κ1) is 10.7. The van der Waals surface area contributed by atoms with E-state index in [-0.39, 0.29) is 5.82 Å². The van der Waals surface area contributed by atoms with Crippen molar-refractivity contribution in [3.8, 4) is 0 Å². The lowest BCUT2D eigenvalue weighted by atomic mass is 10.1. The van der Waals surface area contributed by atoms with Crippen LogP contribution in [-0.4, -0.2) is 16.6 Å². The number of halogens is 1. The van der Waals surface area contributed by atoms with Crippen molar-refractivity contribution in [2.75, 3.05) is 5.32 Å². The van der Waals surface area contributed by atoms with E-state index in [0.29, 0.717) is 5.69 Å². The summed E-state index contributed by atoms with van der Waals surface area (Å²) >= 11 is 0. The summed E-state index contributed by atoms with van der Waals surface area (Å²) in [5, 5.41) is 11.8. The van der Waals surface area contributed by atoms with Crippen LogP contribution in [0.3, 0.4) is 0 Å². The van der Waals surface area contributed by atoms with E-state index in [1.807, 2.05) is 0 Å². The number of aliphatic hydroxyl groups is 1. The van der Waals surface area contributed by atoms with Gasteiger partial charge in [-0.2, -0.15) is 0 Å². The van der Waals surface area contributed by atoms with Crippen LogP contribution in [0, 0.1) is 5.82 Å².